The molecular formula is C29H35NO8S. The third kappa shape index (κ3) is 5.95. The predicted octanol–water partition coefficient (Wildman–Crippen LogP) is 4.08. The molecule has 39 heavy (non-hydrogen) atoms. The van der Waals surface area contributed by atoms with E-state index in [0.29, 0.717) is 17.9 Å². The first-order chi connectivity index (χ1) is 18.8. The summed E-state index contributed by atoms with van der Waals surface area (Å²) in [4.78, 5) is 25.1. The number of hydrogen-bond acceptors (Lipinski definition) is 9. The maximum Gasteiger partial charge on any atom is 0.407 e. The third-order valence-electron chi connectivity index (χ3n) is 7.29. The first-order valence-corrected chi connectivity index (χ1v) is 14.3. The maximum atomic E-state index is 12.7. The Hall–Kier alpha value is -2.63. The monoisotopic (exact) mass is 557 g/mol. The smallest absolute Gasteiger partial charge is 0.407 e. The van der Waals surface area contributed by atoms with Gasteiger partial charge in [-0.2, -0.15) is 11.8 Å². The van der Waals surface area contributed by atoms with E-state index < -0.39 is 30.2 Å². The molecule has 1 unspecified atom stereocenters. The quantitative estimate of drug-likeness (QED) is 0.342. The highest BCUT2D eigenvalue weighted by molar-refractivity contribution is 7.99. The molecule has 1 amide bonds. The summed E-state index contributed by atoms with van der Waals surface area (Å²) in [5, 5.41) is 2.69. The van der Waals surface area contributed by atoms with Crippen molar-refractivity contribution in [3.05, 3.63) is 59.7 Å². The van der Waals surface area contributed by atoms with Crippen molar-refractivity contribution < 1.29 is 38.0 Å². The highest BCUT2D eigenvalue weighted by Crippen LogP contribution is 2.44. The second kappa shape index (κ2) is 11.9. The van der Waals surface area contributed by atoms with Crippen LogP contribution in [0.25, 0.3) is 11.1 Å². The SMILES string of the molecule is COC(=O)C(CCSC[C@H]1O[C@@H](OC)[C@@H]2OC(C)(C)O[C@H]21)NC(=O)OCC1c2ccccc2-c2ccccc21. The lowest BCUT2D eigenvalue weighted by Crippen LogP contribution is -2.42. The number of methoxy groups -OCH3 is 2. The van der Waals surface area contributed by atoms with Crippen LogP contribution in [0.1, 0.15) is 37.3 Å². The number of rotatable bonds is 10. The Morgan fingerprint density at radius 1 is 1.00 bits per heavy atom. The van der Waals surface area contributed by atoms with E-state index in [9.17, 15) is 9.59 Å². The maximum absolute atomic E-state index is 12.7. The van der Waals surface area contributed by atoms with E-state index in [4.69, 9.17) is 28.4 Å². The normalized spacial score (nSPS) is 25.4. The molecule has 5 atom stereocenters. The van der Waals surface area contributed by atoms with Crippen molar-refractivity contribution >= 4 is 23.8 Å². The van der Waals surface area contributed by atoms with E-state index in [-0.39, 0.29) is 30.8 Å². The molecule has 2 aliphatic heterocycles. The van der Waals surface area contributed by atoms with Crippen LogP contribution in [-0.4, -0.2) is 80.8 Å². The van der Waals surface area contributed by atoms with Gasteiger partial charge in [0.15, 0.2) is 12.1 Å². The lowest BCUT2D eigenvalue weighted by molar-refractivity contribution is -0.224. The minimum Gasteiger partial charge on any atom is -0.467 e. The summed E-state index contributed by atoms with van der Waals surface area (Å²) in [6, 6.07) is 15.4. The van der Waals surface area contributed by atoms with Crippen molar-refractivity contribution in [3.8, 4) is 11.1 Å². The van der Waals surface area contributed by atoms with Gasteiger partial charge in [-0.25, -0.2) is 9.59 Å². The van der Waals surface area contributed by atoms with Crippen LogP contribution < -0.4 is 5.32 Å². The zero-order valence-electron chi connectivity index (χ0n) is 22.6. The Labute approximate surface area is 232 Å². The third-order valence-corrected chi connectivity index (χ3v) is 8.38. The molecule has 10 heteroatoms. The molecule has 9 nitrogen and oxygen atoms in total. The van der Waals surface area contributed by atoms with Crippen LogP contribution >= 0.6 is 11.8 Å². The summed E-state index contributed by atoms with van der Waals surface area (Å²) in [5.74, 6) is -0.0629. The molecule has 0 saturated carbocycles. The van der Waals surface area contributed by atoms with Gasteiger partial charge in [-0.15, -0.1) is 0 Å². The molecule has 2 aromatic carbocycles. The van der Waals surface area contributed by atoms with E-state index in [2.05, 4.69) is 29.6 Å². The molecule has 2 aromatic rings. The number of carbonyl (C=O) groups excluding carboxylic acids is 2. The van der Waals surface area contributed by atoms with Gasteiger partial charge < -0.3 is 33.7 Å². The van der Waals surface area contributed by atoms with E-state index in [0.717, 1.165) is 22.3 Å². The molecule has 1 N–H and O–H groups in total. The Balaban J connectivity index is 1.12. The van der Waals surface area contributed by atoms with E-state index in [1.165, 1.54) is 7.11 Å². The first-order valence-electron chi connectivity index (χ1n) is 13.1. The molecule has 1 aliphatic carbocycles. The average Bonchev–Trinajstić information content (AvgIpc) is 3.54. The van der Waals surface area contributed by atoms with Crippen molar-refractivity contribution in [1.82, 2.24) is 5.32 Å². The van der Waals surface area contributed by atoms with Gasteiger partial charge in [0, 0.05) is 18.8 Å². The summed E-state index contributed by atoms with van der Waals surface area (Å²) in [5.41, 5.74) is 4.55. The van der Waals surface area contributed by atoms with Gasteiger partial charge in [0.1, 0.15) is 24.9 Å². The summed E-state index contributed by atoms with van der Waals surface area (Å²) in [6.07, 6.45) is -1.49. The molecule has 2 saturated heterocycles. The van der Waals surface area contributed by atoms with Gasteiger partial charge in [0.25, 0.3) is 0 Å². The van der Waals surface area contributed by atoms with Gasteiger partial charge in [0.2, 0.25) is 0 Å². The number of hydrogen-bond donors (Lipinski definition) is 1. The number of nitrogens with one attached hydrogen (secondary N) is 1. The largest absolute Gasteiger partial charge is 0.467 e. The fourth-order valence-electron chi connectivity index (χ4n) is 5.54. The number of esters is 1. The summed E-state index contributed by atoms with van der Waals surface area (Å²) in [6.45, 7) is 3.92. The van der Waals surface area contributed by atoms with Crippen LogP contribution in [0.2, 0.25) is 0 Å². The van der Waals surface area contributed by atoms with E-state index in [1.807, 2.05) is 38.1 Å². The van der Waals surface area contributed by atoms with Gasteiger partial charge in [-0.1, -0.05) is 48.5 Å². The van der Waals surface area contributed by atoms with E-state index in [1.54, 1.807) is 18.9 Å². The number of ether oxygens (including phenoxy) is 6. The molecule has 0 aromatic heterocycles. The number of benzene rings is 2. The summed E-state index contributed by atoms with van der Waals surface area (Å²) < 4.78 is 33.9. The zero-order chi connectivity index (χ0) is 27.6. The highest BCUT2D eigenvalue weighted by atomic mass is 32.2. The summed E-state index contributed by atoms with van der Waals surface area (Å²) >= 11 is 1.60. The minimum absolute atomic E-state index is 0.0618. The van der Waals surface area contributed by atoms with Crippen LogP contribution in [0.3, 0.4) is 0 Å². The lowest BCUT2D eigenvalue weighted by atomic mass is 9.98. The van der Waals surface area contributed by atoms with Crippen LogP contribution in [0.5, 0.6) is 0 Å². The summed E-state index contributed by atoms with van der Waals surface area (Å²) in [7, 11) is 2.89. The predicted molar refractivity (Wildman–Crippen MR) is 145 cm³/mol. The molecular weight excluding hydrogens is 522 g/mol. The topological polar surface area (TPSA) is 102 Å². The van der Waals surface area contributed by atoms with Gasteiger partial charge in [-0.05, 0) is 48.3 Å². The van der Waals surface area contributed by atoms with Gasteiger partial charge >= 0.3 is 12.1 Å². The van der Waals surface area contributed by atoms with Crippen LogP contribution in [0.15, 0.2) is 48.5 Å². The zero-order valence-corrected chi connectivity index (χ0v) is 23.4. The Morgan fingerprint density at radius 3 is 2.28 bits per heavy atom. The minimum atomic E-state index is -0.827. The van der Waals surface area contributed by atoms with Crippen LogP contribution in [-0.2, 0) is 33.2 Å². The molecule has 2 heterocycles. The molecule has 0 spiro atoms. The van der Waals surface area contributed by atoms with Crippen LogP contribution in [0.4, 0.5) is 4.79 Å². The number of amides is 1. The number of alkyl carbamates (subject to hydrolysis) is 1. The standard InChI is InChI=1S/C29H35NO8S/c1-29(2)37-24-23(36-27(34-4)25(24)38-29)16-39-14-13-22(26(31)33-3)30-28(32)35-15-21-19-11-7-5-9-17(19)18-10-6-8-12-20(18)21/h5-12,21-25,27H,13-16H2,1-4H3,(H,30,32)/t22?,23-,24+,25-,27-/m1/s1. The Bertz CT molecular complexity index is 1140. The second-order valence-electron chi connectivity index (χ2n) is 10.3. The number of carbonyl (C=O) groups is 2. The van der Waals surface area contributed by atoms with Gasteiger partial charge in [0.05, 0.1) is 13.2 Å². The average molecular weight is 558 g/mol. The van der Waals surface area contributed by atoms with Crippen LogP contribution in [0, 0.1) is 0 Å². The molecule has 5 rings (SSSR count). The van der Waals surface area contributed by atoms with Gasteiger partial charge in [-0.3, -0.25) is 0 Å². The number of thioether (sulfide) groups is 1. The fraction of sp³-hybridized carbons (Fsp3) is 0.517. The van der Waals surface area contributed by atoms with Crippen molar-refractivity contribution in [2.24, 2.45) is 0 Å². The molecule has 210 valence electrons. The highest BCUT2D eigenvalue weighted by Gasteiger charge is 2.55. The molecule has 0 radical (unpaired) electrons. The lowest BCUT2D eigenvalue weighted by Gasteiger charge is -2.23. The first kappa shape index (κ1) is 27.9. The molecule has 3 aliphatic rings. The number of fused-ring (bicyclic) bond motifs is 4. The Kier molecular flexibility index (Phi) is 8.49. The Morgan fingerprint density at radius 2 is 1.64 bits per heavy atom. The second-order valence-corrected chi connectivity index (χ2v) is 11.4. The van der Waals surface area contributed by atoms with Crippen molar-refractivity contribution in [2.45, 2.75) is 62.6 Å². The van der Waals surface area contributed by atoms with Crippen molar-refractivity contribution in [3.63, 3.8) is 0 Å². The molecule has 2 fully saturated rings. The molecule has 0 bridgehead atoms. The van der Waals surface area contributed by atoms with E-state index >= 15 is 0 Å². The van der Waals surface area contributed by atoms with Crippen molar-refractivity contribution in [2.75, 3.05) is 32.3 Å². The fourth-order valence-corrected chi connectivity index (χ4v) is 6.61. The van der Waals surface area contributed by atoms with Crippen molar-refractivity contribution in [1.29, 1.82) is 0 Å².